The number of nitrogens with one attached hydrogen (secondary N) is 2. The van der Waals surface area contributed by atoms with Gasteiger partial charge < -0.3 is 11.1 Å². The Bertz CT molecular complexity index is 785. The Kier molecular flexibility index (Phi) is 5.18. The van der Waals surface area contributed by atoms with Gasteiger partial charge in [-0.2, -0.15) is 0 Å². The molecule has 0 unspecified atom stereocenters. The summed E-state index contributed by atoms with van der Waals surface area (Å²) < 4.78 is 3.26. The van der Waals surface area contributed by atoms with Crippen molar-refractivity contribution in [1.29, 1.82) is 0 Å². The molecule has 0 atom stereocenters. The molecule has 2 aromatic rings. The number of carbonyl (C=O) groups is 1. The minimum Gasteiger partial charge on any atom is -0.399 e. The summed E-state index contributed by atoms with van der Waals surface area (Å²) in [6.45, 7) is 0.637. The third-order valence-corrected chi connectivity index (χ3v) is 6.12. The van der Waals surface area contributed by atoms with E-state index in [1.165, 1.54) is 47.0 Å². The number of nitrogen functional groups attached to an aromatic ring is 1. The standard InChI is InChI=1S/C21H25N3OS/c22-16-7-9-17(10-8-16)26-23-12-11-20(25)24-21-18-5-1-3-14(18)13-15-4-2-6-19(15)21/h7-10,13,23H,1-6,11-12,22H2,(H,24,25). The van der Waals surface area contributed by atoms with Crippen molar-refractivity contribution < 1.29 is 4.79 Å². The molecular formula is C21H25N3OS. The summed E-state index contributed by atoms with van der Waals surface area (Å²) in [6, 6.07) is 10.1. The van der Waals surface area contributed by atoms with E-state index in [0.717, 1.165) is 42.0 Å². The molecule has 4 nitrogen and oxygen atoms in total. The van der Waals surface area contributed by atoms with Crippen LogP contribution in [0, 0.1) is 0 Å². The van der Waals surface area contributed by atoms with Crippen molar-refractivity contribution in [3.05, 3.63) is 52.6 Å². The van der Waals surface area contributed by atoms with E-state index in [1.54, 1.807) is 0 Å². The van der Waals surface area contributed by atoms with Gasteiger partial charge in [-0.1, -0.05) is 6.07 Å². The number of anilines is 2. The predicted octanol–water partition coefficient (Wildman–Crippen LogP) is 3.87. The maximum absolute atomic E-state index is 12.5. The minimum absolute atomic E-state index is 0.102. The zero-order chi connectivity index (χ0) is 17.9. The quantitative estimate of drug-likeness (QED) is 0.412. The van der Waals surface area contributed by atoms with Crippen LogP contribution in [-0.4, -0.2) is 12.5 Å². The van der Waals surface area contributed by atoms with Crippen LogP contribution in [-0.2, 0) is 30.5 Å². The van der Waals surface area contributed by atoms with Crippen LogP contribution in [0.1, 0.15) is 41.5 Å². The van der Waals surface area contributed by atoms with Crippen molar-refractivity contribution in [3.63, 3.8) is 0 Å². The molecule has 5 heteroatoms. The molecule has 4 rings (SSSR count). The molecule has 2 aliphatic carbocycles. The summed E-state index contributed by atoms with van der Waals surface area (Å²) in [5.41, 5.74) is 13.3. The van der Waals surface area contributed by atoms with Gasteiger partial charge in [-0.05, 0) is 97.0 Å². The first-order valence-electron chi connectivity index (χ1n) is 9.42. The second kappa shape index (κ2) is 7.72. The first-order chi connectivity index (χ1) is 12.7. The van der Waals surface area contributed by atoms with Crippen LogP contribution in [0.5, 0.6) is 0 Å². The van der Waals surface area contributed by atoms with Crippen molar-refractivity contribution in [1.82, 2.24) is 4.72 Å². The number of nitrogens with two attached hydrogens (primary N) is 1. The molecule has 2 aromatic carbocycles. The lowest BCUT2D eigenvalue weighted by Crippen LogP contribution is -2.19. The Morgan fingerprint density at radius 2 is 1.65 bits per heavy atom. The predicted molar refractivity (Wildman–Crippen MR) is 108 cm³/mol. The van der Waals surface area contributed by atoms with Gasteiger partial charge in [0, 0.05) is 29.2 Å². The molecule has 0 saturated carbocycles. The Morgan fingerprint density at radius 3 is 2.31 bits per heavy atom. The second-order valence-corrected chi connectivity index (χ2v) is 8.06. The molecule has 0 aliphatic heterocycles. The lowest BCUT2D eigenvalue weighted by molar-refractivity contribution is -0.116. The van der Waals surface area contributed by atoms with Crippen molar-refractivity contribution in [3.8, 4) is 0 Å². The van der Waals surface area contributed by atoms with E-state index in [-0.39, 0.29) is 5.91 Å². The van der Waals surface area contributed by atoms with Crippen LogP contribution in [0.15, 0.2) is 35.2 Å². The molecule has 0 heterocycles. The molecule has 0 aromatic heterocycles. The summed E-state index contributed by atoms with van der Waals surface area (Å²) in [5.74, 6) is 0.102. The zero-order valence-corrected chi connectivity index (χ0v) is 15.8. The molecule has 4 N–H and O–H groups in total. The molecule has 1 amide bonds. The summed E-state index contributed by atoms with van der Waals surface area (Å²) >= 11 is 1.53. The number of rotatable bonds is 6. The third kappa shape index (κ3) is 3.74. The van der Waals surface area contributed by atoms with Crippen LogP contribution in [0.3, 0.4) is 0 Å². The molecule has 26 heavy (non-hydrogen) atoms. The van der Waals surface area contributed by atoms with Gasteiger partial charge >= 0.3 is 0 Å². The number of benzene rings is 2. The van der Waals surface area contributed by atoms with Crippen molar-refractivity contribution >= 4 is 29.2 Å². The molecule has 0 spiro atoms. The molecule has 136 valence electrons. The van der Waals surface area contributed by atoms with E-state index >= 15 is 0 Å². The fourth-order valence-corrected chi connectivity index (χ4v) is 4.65. The topological polar surface area (TPSA) is 67.1 Å². The van der Waals surface area contributed by atoms with E-state index in [4.69, 9.17) is 5.73 Å². The number of amides is 1. The average Bonchev–Trinajstić information content (AvgIpc) is 3.29. The normalized spacial score (nSPS) is 14.9. The van der Waals surface area contributed by atoms with Gasteiger partial charge in [-0.15, -0.1) is 0 Å². The second-order valence-electron chi connectivity index (χ2n) is 7.10. The van der Waals surface area contributed by atoms with E-state index in [9.17, 15) is 4.79 Å². The lowest BCUT2D eigenvalue weighted by atomic mass is 9.98. The van der Waals surface area contributed by atoms with Gasteiger partial charge in [-0.25, -0.2) is 0 Å². The molecule has 0 saturated heterocycles. The average molecular weight is 368 g/mol. The fourth-order valence-electron chi connectivity index (χ4n) is 4.00. The van der Waals surface area contributed by atoms with Crippen molar-refractivity contribution in [2.75, 3.05) is 17.6 Å². The summed E-state index contributed by atoms with van der Waals surface area (Å²) in [6.07, 6.45) is 7.41. The van der Waals surface area contributed by atoms with Gasteiger partial charge in [0.15, 0.2) is 0 Å². The Labute approximate surface area is 159 Å². The zero-order valence-electron chi connectivity index (χ0n) is 14.9. The highest BCUT2D eigenvalue weighted by atomic mass is 32.2. The SMILES string of the molecule is Nc1ccc(SNCCC(=O)Nc2c3c(cc4c2CCC4)CCC3)cc1. The summed E-state index contributed by atoms with van der Waals surface area (Å²) in [7, 11) is 0. The third-order valence-electron chi connectivity index (χ3n) is 5.26. The monoisotopic (exact) mass is 367 g/mol. The molecular weight excluding hydrogens is 342 g/mol. The Morgan fingerprint density at radius 1 is 1.00 bits per heavy atom. The number of hydrogen-bond acceptors (Lipinski definition) is 4. The van der Waals surface area contributed by atoms with Gasteiger partial charge in [0.1, 0.15) is 0 Å². The van der Waals surface area contributed by atoms with Gasteiger partial charge in [0.25, 0.3) is 0 Å². The Hall–Kier alpha value is -1.98. The lowest BCUT2D eigenvalue weighted by Gasteiger charge is -2.16. The van der Waals surface area contributed by atoms with E-state index in [2.05, 4.69) is 16.1 Å². The van der Waals surface area contributed by atoms with Crippen LogP contribution in [0.25, 0.3) is 0 Å². The maximum Gasteiger partial charge on any atom is 0.225 e. The van der Waals surface area contributed by atoms with E-state index in [0.29, 0.717) is 13.0 Å². The van der Waals surface area contributed by atoms with E-state index in [1.807, 2.05) is 24.3 Å². The van der Waals surface area contributed by atoms with Crippen molar-refractivity contribution in [2.24, 2.45) is 0 Å². The van der Waals surface area contributed by atoms with Crippen LogP contribution < -0.4 is 15.8 Å². The first kappa shape index (κ1) is 17.4. The minimum atomic E-state index is 0.102. The molecule has 0 fully saturated rings. The van der Waals surface area contributed by atoms with Gasteiger partial charge in [0.2, 0.25) is 5.91 Å². The van der Waals surface area contributed by atoms with Crippen LogP contribution in [0.4, 0.5) is 11.4 Å². The van der Waals surface area contributed by atoms with E-state index < -0.39 is 0 Å². The Balaban J connectivity index is 1.33. The number of carbonyl (C=O) groups excluding carboxylic acids is 1. The highest BCUT2D eigenvalue weighted by Gasteiger charge is 2.24. The molecule has 0 bridgehead atoms. The fraction of sp³-hybridized carbons (Fsp3) is 0.381. The van der Waals surface area contributed by atoms with Crippen LogP contribution >= 0.6 is 11.9 Å². The number of aryl methyl sites for hydroxylation is 2. The smallest absolute Gasteiger partial charge is 0.225 e. The number of hydrogen-bond donors (Lipinski definition) is 3. The van der Waals surface area contributed by atoms with Gasteiger partial charge in [0.05, 0.1) is 0 Å². The van der Waals surface area contributed by atoms with Gasteiger partial charge in [-0.3, -0.25) is 9.52 Å². The summed E-state index contributed by atoms with van der Waals surface area (Å²) in [5, 5.41) is 3.24. The van der Waals surface area contributed by atoms with Crippen molar-refractivity contribution in [2.45, 2.75) is 49.8 Å². The first-order valence-corrected chi connectivity index (χ1v) is 10.2. The maximum atomic E-state index is 12.5. The largest absolute Gasteiger partial charge is 0.399 e. The highest BCUT2D eigenvalue weighted by Crippen LogP contribution is 2.38. The highest BCUT2D eigenvalue weighted by molar-refractivity contribution is 7.97. The van der Waals surface area contributed by atoms with Crippen LogP contribution in [0.2, 0.25) is 0 Å². The number of fused-ring (bicyclic) bond motifs is 2. The molecule has 0 radical (unpaired) electrons. The summed E-state index contributed by atoms with van der Waals surface area (Å²) in [4.78, 5) is 13.6. The molecule has 2 aliphatic rings.